The van der Waals surface area contributed by atoms with Crippen LogP contribution in [0.25, 0.3) is 0 Å². The van der Waals surface area contributed by atoms with Gasteiger partial charge in [-0.15, -0.1) is 0 Å². The van der Waals surface area contributed by atoms with Gasteiger partial charge in [-0.25, -0.2) is 4.98 Å². The Balaban J connectivity index is 0.000000290. The Morgan fingerprint density at radius 3 is 2.45 bits per heavy atom. The van der Waals surface area contributed by atoms with E-state index in [9.17, 15) is 0 Å². The smallest absolute Gasteiger partial charge is 0.0921 e. The highest BCUT2D eigenvalue weighted by Gasteiger charge is 2.19. The minimum Gasteiger partial charge on any atom is -0.399 e. The molecule has 1 aliphatic heterocycles. The average molecular weight is 410 g/mol. The summed E-state index contributed by atoms with van der Waals surface area (Å²) < 4.78 is 5.09. The predicted molar refractivity (Wildman–Crippen MR) is 124 cm³/mol. The number of hydrogen-bond acceptors (Lipinski definition) is 4. The molecule has 3 aromatic rings. The fourth-order valence-electron chi connectivity index (χ4n) is 3.57. The van der Waals surface area contributed by atoms with Crippen LogP contribution in [0.2, 0.25) is 0 Å². The molecule has 2 heterocycles. The summed E-state index contributed by atoms with van der Waals surface area (Å²) in [4.78, 5) is 7.48. The highest BCUT2D eigenvalue weighted by atomic mass is 32.1. The lowest BCUT2D eigenvalue weighted by atomic mass is 9.85. The Hall–Kier alpha value is -2.24. The lowest BCUT2D eigenvalue weighted by Gasteiger charge is -2.20. The molecule has 1 fully saturated rings. The number of anilines is 1. The molecule has 4 rings (SSSR count). The number of benzene rings is 2. The van der Waals surface area contributed by atoms with Crippen LogP contribution in [0.3, 0.4) is 0 Å². The van der Waals surface area contributed by atoms with Crippen LogP contribution in [-0.4, -0.2) is 28.4 Å². The Labute approximate surface area is 179 Å². The van der Waals surface area contributed by atoms with Crippen LogP contribution < -0.4 is 5.73 Å². The number of aromatic nitrogens is 2. The largest absolute Gasteiger partial charge is 0.399 e. The first-order valence-electron chi connectivity index (χ1n) is 10.2. The second-order valence-corrected chi connectivity index (χ2v) is 8.37. The first-order chi connectivity index (χ1) is 14.0. The zero-order valence-corrected chi connectivity index (χ0v) is 18.2. The van der Waals surface area contributed by atoms with Gasteiger partial charge in [-0.3, -0.25) is 0 Å². The number of nitrogens with one attached hydrogen (secondary N) is 1. The van der Waals surface area contributed by atoms with Crippen LogP contribution in [-0.2, 0) is 11.2 Å². The van der Waals surface area contributed by atoms with E-state index in [1.807, 2.05) is 18.3 Å². The molecule has 0 radical (unpaired) electrons. The van der Waals surface area contributed by atoms with Gasteiger partial charge in [-0.1, -0.05) is 30.3 Å². The molecule has 0 saturated carbocycles. The van der Waals surface area contributed by atoms with Gasteiger partial charge in [0.05, 0.1) is 6.33 Å². The second-order valence-electron chi connectivity index (χ2n) is 7.64. The van der Waals surface area contributed by atoms with Crippen molar-refractivity contribution < 1.29 is 4.74 Å². The van der Waals surface area contributed by atoms with E-state index in [-0.39, 0.29) is 5.92 Å². The second kappa shape index (κ2) is 10.5. The SMILES string of the molecule is Cc1cccc(C(Cc2ccc(N)cc2)c2cnc[nH]2)c1C.SC1CCOCC1. The standard InChI is InChI=1S/C19H21N3.C5H10OS/c1-13-4-3-5-17(14(13)2)18(19-11-21-12-22-19)10-15-6-8-16(20)9-7-15;7-5-1-3-6-4-2-5/h3-9,11-12,18H,10,20H2,1-2H3,(H,21,22);5,7H,1-4H2. The van der Waals surface area contributed by atoms with Crippen LogP contribution in [0.15, 0.2) is 55.0 Å². The molecule has 1 aromatic heterocycles. The molecule has 0 spiro atoms. The van der Waals surface area contributed by atoms with Crippen LogP contribution in [0.5, 0.6) is 0 Å². The molecular weight excluding hydrogens is 378 g/mol. The summed E-state index contributed by atoms with van der Waals surface area (Å²) in [6.07, 6.45) is 6.85. The number of aryl methyl sites for hydroxylation is 1. The van der Waals surface area contributed by atoms with Crippen molar-refractivity contribution in [1.82, 2.24) is 9.97 Å². The maximum atomic E-state index is 5.79. The summed E-state index contributed by atoms with van der Waals surface area (Å²) in [5.74, 6) is 0.269. The van der Waals surface area contributed by atoms with Gasteiger partial charge in [0.1, 0.15) is 0 Å². The molecule has 2 aromatic carbocycles. The number of ether oxygens (including phenoxy) is 1. The highest BCUT2D eigenvalue weighted by molar-refractivity contribution is 7.80. The van der Waals surface area contributed by atoms with E-state index in [0.717, 1.165) is 43.9 Å². The van der Waals surface area contributed by atoms with Crippen LogP contribution in [0.4, 0.5) is 5.69 Å². The summed E-state index contributed by atoms with van der Waals surface area (Å²) in [5, 5.41) is 0.605. The normalized spacial score (nSPS) is 15.4. The summed E-state index contributed by atoms with van der Waals surface area (Å²) >= 11 is 4.28. The third kappa shape index (κ3) is 6.12. The van der Waals surface area contributed by atoms with Crippen molar-refractivity contribution in [3.63, 3.8) is 0 Å². The van der Waals surface area contributed by atoms with Gasteiger partial charge in [0.25, 0.3) is 0 Å². The quantitative estimate of drug-likeness (QED) is 0.416. The summed E-state index contributed by atoms with van der Waals surface area (Å²) in [6, 6.07) is 14.6. The van der Waals surface area contributed by atoms with Crippen molar-refractivity contribution >= 4 is 18.3 Å². The summed E-state index contributed by atoms with van der Waals surface area (Å²) in [6.45, 7) is 6.17. The zero-order chi connectivity index (χ0) is 20.6. The topological polar surface area (TPSA) is 63.9 Å². The molecule has 1 atom stereocenters. The molecule has 29 heavy (non-hydrogen) atoms. The third-order valence-corrected chi connectivity index (χ3v) is 6.04. The van der Waals surface area contributed by atoms with Crippen molar-refractivity contribution in [3.8, 4) is 0 Å². The lowest BCUT2D eigenvalue weighted by molar-refractivity contribution is 0.100. The van der Waals surface area contributed by atoms with E-state index in [2.05, 4.69) is 66.8 Å². The number of hydrogen-bond donors (Lipinski definition) is 3. The van der Waals surface area contributed by atoms with E-state index < -0.39 is 0 Å². The highest BCUT2D eigenvalue weighted by Crippen LogP contribution is 2.30. The number of aromatic amines is 1. The van der Waals surface area contributed by atoms with E-state index in [1.165, 1.54) is 22.3 Å². The van der Waals surface area contributed by atoms with Gasteiger partial charge in [0.15, 0.2) is 0 Å². The van der Waals surface area contributed by atoms with Gasteiger partial charge >= 0.3 is 0 Å². The van der Waals surface area contributed by atoms with Gasteiger partial charge in [0.2, 0.25) is 0 Å². The molecule has 5 heteroatoms. The minimum atomic E-state index is 0.269. The van der Waals surface area contributed by atoms with Crippen LogP contribution in [0, 0.1) is 13.8 Å². The van der Waals surface area contributed by atoms with Gasteiger partial charge < -0.3 is 15.5 Å². The van der Waals surface area contributed by atoms with Crippen molar-refractivity contribution in [1.29, 1.82) is 0 Å². The average Bonchev–Trinajstić information content (AvgIpc) is 3.26. The molecular formula is C24H31N3OS. The summed E-state index contributed by atoms with van der Waals surface area (Å²) in [5.41, 5.74) is 13.0. The Morgan fingerprint density at radius 1 is 1.14 bits per heavy atom. The van der Waals surface area contributed by atoms with E-state index in [1.54, 1.807) is 6.33 Å². The Bertz CT molecular complexity index is 872. The minimum absolute atomic E-state index is 0.269. The fraction of sp³-hybridized carbons (Fsp3) is 0.375. The number of imidazole rings is 1. The monoisotopic (exact) mass is 409 g/mol. The van der Waals surface area contributed by atoms with Crippen molar-refractivity contribution in [2.75, 3.05) is 18.9 Å². The van der Waals surface area contributed by atoms with Gasteiger partial charge in [-0.05, 0) is 67.5 Å². The first kappa shape index (κ1) is 21.5. The lowest BCUT2D eigenvalue weighted by Crippen LogP contribution is -2.14. The van der Waals surface area contributed by atoms with Gasteiger partial charge in [0, 0.05) is 42.0 Å². The molecule has 0 aliphatic carbocycles. The number of nitrogen functional groups attached to an aromatic ring is 1. The first-order valence-corrected chi connectivity index (χ1v) is 10.7. The zero-order valence-electron chi connectivity index (χ0n) is 17.3. The van der Waals surface area contributed by atoms with Gasteiger partial charge in [-0.2, -0.15) is 12.6 Å². The molecule has 154 valence electrons. The molecule has 3 N–H and O–H groups in total. The van der Waals surface area contributed by atoms with E-state index in [0.29, 0.717) is 5.25 Å². The molecule has 1 saturated heterocycles. The van der Waals surface area contributed by atoms with Crippen LogP contribution in [0.1, 0.15) is 46.7 Å². The number of thiol groups is 1. The van der Waals surface area contributed by atoms with E-state index in [4.69, 9.17) is 10.5 Å². The Kier molecular flexibility index (Phi) is 7.78. The van der Waals surface area contributed by atoms with E-state index >= 15 is 0 Å². The number of nitrogens with two attached hydrogens (primary N) is 1. The fourth-order valence-corrected chi connectivity index (χ4v) is 3.78. The number of nitrogens with zero attached hydrogens (tertiary/aromatic N) is 1. The molecule has 1 aliphatic rings. The third-order valence-electron chi connectivity index (χ3n) is 5.53. The number of rotatable bonds is 4. The number of H-pyrrole nitrogens is 1. The Morgan fingerprint density at radius 2 is 1.86 bits per heavy atom. The summed E-state index contributed by atoms with van der Waals surface area (Å²) in [7, 11) is 0. The molecule has 0 amide bonds. The van der Waals surface area contributed by atoms with Crippen molar-refractivity contribution in [2.45, 2.75) is 44.3 Å². The molecule has 1 unspecified atom stereocenters. The maximum absolute atomic E-state index is 5.79. The van der Waals surface area contributed by atoms with Crippen molar-refractivity contribution in [3.05, 3.63) is 82.9 Å². The van der Waals surface area contributed by atoms with Crippen LogP contribution >= 0.6 is 12.6 Å². The van der Waals surface area contributed by atoms with Crippen molar-refractivity contribution in [2.24, 2.45) is 0 Å². The maximum Gasteiger partial charge on any atom is 0.0921 e. The molecule has 4 nitrogen and oxygen atoms in total. The molecule has 0 bridgehead atoms. The predicted octanol–water partition coefficient (Wildman–Crippen LogP) is 5.08.